The van der Waals surface area contributed by atoms with Crippen molar-refractivity contribution in [2.24, 2.45) is 17.8 Å². The van der Waals surface area contributed by atoms with Crippen LogP contribution < -0.4 is 5.32 Å². The summed E-state index contributed by atoms with van der Waals surface area (Å²) in [5.41, 5.74) is 0.159. The van der Waals surface area contributed by atoms with Gasteiger partial charge in [0, 0.05) is 5.54 Å². The van der Waals surface area contributed by atoms with Crippen LogP contribution in [0.3, 0.4) is 0 Å². The molecule has 0 saturated heterocycles. The van der Waals surface area contributed by atoms with Gasteiger partial charge in [0.1, 0.15) is 5.75 Å². The smallest absolute Gasteiger partial charge is 0.339 e. The van der Waals surface area contributed by atoms with Crippen LogP contribution in [0, 0.1) is 17.8 Å². The Bertz CT molecular complexity index is 663. The second kappa shape index (κ2) is 6.04. The number of phenolic OH excluding ortho intramolecular Hbond substituents is 1. The minimum Gasteiger partial charge on any atom is -0.508 e. The van der Waals surface area contributed by atoms with Crippen molar-refractivity contribution >= 4 is 11.9 Å². The fourth-order valence-electron chi connectivity index (χ4n) is 5.54. The third kappa shape index (κ3) is 3.24. The quantitative estimate of drug-likeness (QED) is 0.824. The molecule has 5 rings (SSSR count). The summed E-state index contributed by atoms with van der Waals surface area (Å²) in [5.74, 6) is 1.43. The van der Waals surface area contributed by atoms with Crippen molar-refractivity contribution in [3.05, 3.63) is 29.8 Å². The van der Waals surface area contributed by atoms with Crippen molar-refractivity contribution in [3.63, 3.8) is 0 Å². The van der Waals surface area contributed by atoms with Crippen LogP contribution in [0.25, 0.3) is 0 Å². The molecule has 4 bridgehead atoms. The number of nitrogens with one attached hydrogen (secondary N) is 1. The largest absolute Gasteiger partial charge is 0.508 e. The van der Waals surface area contributed by atoms with Gasteiger partial charge in [-0.25, -0.2) is 4.79 Å². The third-order valence-electron chi connectivity index (χ3n) is 6.16. The van der Waals surface area contributed by atoms with E-state index in [1.54, 1.807) is 19.1 Å². The van der Waals surface area contributed by atoms with Gasteiger partial charge >= 0.3 is 5.97 Å². The number of carbonyl (C=O) groups is 2. The van der Waals surface area contributed by atoms with Crippen molar-refractivity contribution in [3.8, 4) is 5.75 Å². The number of aromatic hydroxyl groups is 1. The van der Waals surface area contributed by atoms with Crippen molar-refractivity contribution < 1.29 is 19.4 Å². The molecular formula is C20H25NO4. The monoisotopic (exact) mass is 343 g/mol. The second-order valence-electron chi connectivity index (χ2n) is 8.29. The Hall–Kier alpha value is -2.04. The molecule has 4 aliphatic carbocycles. The first kappa shape index (κ1) is 16.4. The molecular weight excluding hydrogens is 318 g/mol. The van der Waals surface area contributed by atoms with Gasteiger partial charge in [0.05, 0.1) is 5.56 Å². The van der Waals surface area contributed by atoms with Gasteiger partial charge in [0.2, 0.25) is 0 Å². The first-order valence-electron chi connectivity index (χ1n) is 9.24. The zero-order chi connectivity index (χ0) is 17.6. The van der Waals surface area contributed by atoms with E-state index in [1.807, 2.05) is 0 Å². The highest BCUT2D eigenvalue weighted by Crippen LogP contribution is 2.55. The van der Waals surface area contributed by atoms with Gasteiger partial charge in [0.15, 0.2) is 6.10 Å². The van der Waals surface area contributed by atoms with Gasteiger partial charge in [-0.15, -0.1) is 0 Å². The summed E-state index contributed by atoms with van der Waals surface area (Å²) >= 11 is 0. The third-order valence-corrected chi connectivity index (χ3v) is 6.16. The molecule has 4 saturated carbocycles. The highest BCUT2D eigenvalue weighted by atomic mass is 16.5. The molecule has 0 aromatic heterocycles. The van der Waals surface area contributed by atoms with Gasteiger partial charge in [-0.2, -0.15) is 0 Å². The van der Waals surface area contributed by atoms with E-state index in [0.717, 1.165) is 37.0 Å². The molecule has 5 nitrogen and oxygen atoms in total. The molecule has 0 heterocycles. The molecule has 134 valence electrons. The number of hydrogen-bond acceptors (Lipinski definition) is 4. The average Bonchev–Trinajstić information content (AvgIpc) is 2.53. The minimum atomic E-state index is -0.845. The van der Waals surface area contributed by atoms with Crippen molar-refractivity contribution in [2.45, 2.75) is 57.1 Å². The van der Waals surface area contributed by atoms with E-state index in [2.05, 4.69) is 5.32 Å². The normalized spacial score (nSPS) is 33.7. The zero-order valence-electron chi connectivity index (χ0n) is 14.5. The highest BCUT2D eigenvalue weighted by molar-refractivity contribution is 5.92. The minimum absolute atomic E-state index is 0.000113. The Morgan fingerprint density at radius 1 is 1.16 bits per heavy atom. The lowest BCUT2D eigenvalue weighted by atomic mass is 9.53. The van der Waals surface area contributed by atoms with Gasteiger partial charge in [-0.1, -0.05) is 6.07 Å². The topological polar surface area (TPSA) is 75.6 Å². The zero-order valence-corrected chi connectivity index (χ0v) is 14.5. The van der Waals surface area contributed by atoms with E-state index in [1.165, 1.54) is 31.4 Å². The highest BCUT2D eigenvalue weighted by Gasteiger charge is 2.51. The molecule has 0 radical (unpaired) electrons. The lowest BCUT2D eigenvalue weighted by Crippen LogP contribution is -2.61. The first-order valence-corrected chi connectivity index (χ1v) is 9.24. The van der Waals surface area contributed by atoms with Crippen LogP contribution in [0.2, 0.25) is 0 Å². The van der Waals surface area contributed by atoms with Crippen LogP contribution in [-0.4, -0.2) is 28.6 Å². The van der Waals surface area contributed by atoms with Gasteiger partial charge in [0.25, 0.3) is 5.91 Å². The molecule has 0 unspecified atom stereocenters. The van der Waals surface area contributed by atoms with E-state index in [4.69, 9.17) is 4.74 Å². The van der Waals surface area contributed by atoms with Crippen LogP contribution in [0.5, 0.6) is 5.75 Å². The van der Waals surface area contributed by atoms with Crippen molar-refractivity contribution in [1.29, 1.82) is 0 Å². The standard InChI is InChI=1S/C20H25NO4/c1-12(25-19(24)16-3-2-4-17(22)8-16)18(23)21-20-9-13-5-14(10-20)7-15(6-13)11-20/h2-4,8,12-15,22H,5-7,9-11H2,1H3,(H,21,23)/t12-,13?,14?,15?,20?/m1/s1. The maximum Gasteiger partial charge on any atom is 0.339 e. The summed E-state index contributed by atoms with van der Waals surface area (Å²) in [4.78, 5) is 24.8. The Morgan fingerprint density at radius 2 is 1.76 bits per heavy atom. The van der Waals surface area contributed by atoms with Gasteiger partial charge in [-0.3, -0.25) is 4.79 Å². The summed E-state index contributed by atoms with van der Waals surface area (Å²) in [7, 11) is 0. The Morgan fingerprint density at radius 3 is 2.32 bits per heavy atom. The number of phenols is 1. The predicted octanol–water partition coefficient (Wildman–Crippen LogP) is 3.02. The number of hydrogen-bond donors (Lipinski definition) is 2. The van der Waals surface area contributed by atoms with E-state index in [0.29, 0.717) is 0 Å². The molecule has 1 amide bonds. The Balaban J connectivity index is 1.39. The van der Waals surface area contributed by atoms with E-state index < -0.39 is 12.1 Å². The summed E-state index contributed by atoms with van der Waals surface area (Å²) in [6, 6.07) is 5.96. The maximum absolute atomic E-state index is 12.6. The molecule has 5 heteroatoms. The number of benzene rings is 1. The van der Waals surface area contributed by atoms with Crippen molar-refractivity contribution in [1.82, 2.24) is 5.32 Å². The lowest BCUT2D eigenvalue weighted by Gasteiger charge is -2.57. The number of carbonyl (C=O) groups excluding carboxylic acids is 2. The molecule has 25 heavy (non-hydrogen) atoms. The van der Waals surface area contributed by atoms with E-state index >= 15 is 0 Å². The van der Waals surface area contributed by atoms with Gasteiger partial charge < -0.3 is 15.2 Å². The number of amides is 1. The average molecular weight is 343 g/mol. The summed E-state index contributed by atoms with van der Waals surface area (Å²) in [6.45, 7) is 1.61. The van der Waals surface area contributed by atoms with Crippen LogP contribution >= 0.6 is 0 Å². The molecule has 4 fully saturated rings. The summed E-state index contributed by atoms with van der Waals surface area (Å²) < 4.78 is 5.31. The van der Waals surface area contributed by atoms with E-state index in [9.17, 15) is 14.7 Å². The molecule has 4 aliphatic rings. The fraction of sp³-hybridized carbons (Fsp3) is 0.600. The number of rotatable bonds is 4. The predicted molar refractivity (Wildman–Crippen MR) is 92.0 cm³/mol. The molecule has 0 aliphatic heterocycles. The summed E-state index contributed by atoms with van der Waals surface area (Å²) in [6.07, 6.45) is 6.31. The number of ether oxygens (including phenoxy) is 1. The number of esters is 1. The molecule has 1 aromatic rings. The lowest BCUT2D eigenvalue weighted by molar-refractivity contribution is -0.134. The maximum atomic E-state index is 12.6. The Kier molecular flexibility index (Phi) is 3.97. The van der Waals surface area contributed by atoms with Crippen LogP contribution in [0.15, 0.2) is 24.3 Å². The molecule has 1 atom stereocenters. The SMILES string of the molecule is C[C@@H](OC(=O)c1cccc(O)c1)C(=O)NC12CC3CC(CC(C3)C1)C2. The fourth-order valence-corrected chi connectivity index (χ4v) is 5.54. The van der Waals surface area contributed by atoms with Crippen LogP contribution in [0.4, 0.5) is 0 Å². The second-order valence-corrected chi connectivity index (χ2v) is 8.29. The molecule has 2 N–H and O–H groups in total. The van der Waals surface area contributed by atoms with Crippen LogP contribution in [0.1, 0.15) is 55.8 Å². The first-order chi connectivity index (χ1) is 11.9. The van der Waals surface area contributed by atoms with Crippen molar-refractivity contribution in [2.75, 3.05) is 0 Å². The molecule has 0 spiro atoms. The molecule has 1 aromatic carbocycles. The van der Waals surface area contributed by atoms with Gasteiger partial charge in [-0.05, 0) is 81.4 Å². The summed E-state index contributed by atoms with van der Waals surface area (Å²) in [5, 5.41) is 12.7. The van der Waals surface area contributed by atoms with E-state index in [-0.39, 0.29) is 22.8 Å². The Labute approximate surface area is 147 Å². The van der Waals surface area contributed by atoms with Crippen LogP contribution in [-0.2, 0) is 9.53 Å².